The zero-order valence-corrected chi connectivity index (χ0v) is 51.1. The second-order valence-electron chi connectivity index (χ2n) is 26.8. The third-order valence-corrected chi connectivity index (χ3v) is 19.4. The fraction of sp³-hybridized carbons (Fsp3) is 0.0930. The summed E-state index contributed by atoms with van der Waals surface area (Å²) in [5, 5.41) is 12.7. The van der Waals surface area contributed by atoms with Crippen LogP contribution < -0.4 is 26.2 Å². The molecule has 0 saturated carbocycles. The van der Waals surface area contributed by atoms with Crippen LogP contribution >= 0.6 is 0 Å². The van der Waals surface area contributed by atoms with Gasteiger partial charge in [0.2, 0.25) is 0 Å². The van der Waals surface area contributed by atoms with Gasteiger partial charge in [-0.05, 0) is 180 Å². The molecule has 0 radical (unpaired) electrons. The van der Waals surface area contributed by atoms with E-state index in [1.807, 2.05) is 0 Å². The van der Waals surface area contributed by atoms with E-state index in [-0.39, 0.29) is 17.5 Å². The van der Waals surface area contributed by atoms with Gasteiger partial charge in [-0.1, -0.05) is 278 Å². The molecular weight excluding hydrogens is 1070 g/mol. The molecule has 0 amide bonds. The van der Waals surface area contributed by atoms with Gasteiger partial charge in [0, 0.05) is 39.3 Å². The van der Waals surface area contributed by atoms with Crippen molar-refractivity contribution >= 4 is 111 Å². The van der Waals surface area contributed by atoms with Crippen LogP contribution in [0.15, 0.2) is 285 Å². The van der Waals surface area contributed by atoms with Crippen LogP contribution in [0.5, 0.6) is 0 Å². The van der Waals surface area contributed by atoms with E-state index in [1.165, 1.54) is 137 Å². The van der Waals surface area contributed by atoms with Crippen molar-refractivity contribution in [2.45, 2.75) is 52.4 Å². The Morgan fingerprint density at radius 3 is 1.38 bits per heavy atom. The first-order valence-corrected chi connectivity index (χ1v) is 31.5. The Hall–Kier alpha value is -10.5. The average Bonchev–Trinajstić information content (AvgIpc) is 0.707. The van der Waals surface area contributed by atoms with Crippen LogP contribution in [0.3, 0.4) is 0 Å². The van der Waals surface area contributed by atoms with Gasteiger partial charge in [0.25, 0.3) is 6.71 Å². The lowest BCUT2D eigenvalue weighted by Gasteiger charge is -2.46. The molecule has 422 valence electrons. The first-order valence-electron chi connectivity index (χ1n) is 31.5. The Balaban J connectivity index is 1.01. The third-order valence-electron chi connectivity index (χ3n) is 19.4. The van der Waals surface area contributed by atoms with Gasteiger partial charge in [0.05, 0.1) is 11.4 Å². The van der Waals surface area contributed by atoms with E-state index < -0.39 is 0 Å². The summed E-state index contributed by atoms with van der Waals surface area (Å²) in [4.78, 5) is 5.29. The molecule has 0 unspecified atom stereocenters. The van der Waals surface area contributed by atoms with Crippen LogP contribution in [0.4, 0.5) is 34.1 Å². The van der Waals surface area contributed by atoms with Gasteiger partial charge in [-0.15, -0.1) is 0 Å². The van der Waals surface area contributed by atoms with E-state index >= 15 is 0 Å². The standard InChI is InChI=1S/C86H65BN2/c1-85(2,3)65-44-61-41-42-62-45-66(86(4,5)6)52-73-71(47-64(46-65)81(61)82(62)73)60-34-24-33-57(43-60)63-50-79-83-80(51-63)89(77-40-23-21-36-68(77)55-27-12-8-13-28-55)84-70-38-19-18-37-69(70)72(56-29-14-9-15-30-56)53-75(84)87(83)74-48-58-31-16-17-32-59(58)49-78(74)88(79)76-39-22-20-35-67(76)54-25-10-7-11-26-54/h7-53H,1-6H3. The minimum atomic E-state index is -0.159. The molecule has 2 nitrogen and oxygen atoms in total. The predicted molar refractivity (Wildman–Crippen MR) is 384 cm³/mol. The summed E-state index contributed by atoms with van der Waals surface area (Å²) in [6.07, 6.45) is 0. The van der Waals surface area contributed by atoms with Crippen molar-refractivity contribution in [1.29, 1.82) is 0 Å². The number of para-hydroxylation sites is 2. The van der Waals surface area contributed by atoms with Crippen molar-refractivity contribution in [3.63, 3.8) is 0 Å². The molecular formula is C86H65BN2. The number of anilines is 6. The van der Waals surface area contributed by atoms with Gasteiger partial charge in [0.1, 0.15) is 0 Å². The molecule has 15 aromatic rings. The van der Waals surface area contributed by atoms with Gasteiger partial charge < -0.3 is 9.80 Å². The number of fused-ring (bicyclic) bond motifs is 7. The second kappa shape index (κ2) is 20.0. The summed E-state index contributed by atoms with van der Waals surface area (Å²) < 4.78 is 0. The van der Waals surface area contributed by atoms with Gasteiger partial charge in [-0.2, -0.15) is 0 Å². The van der Waals surface area contributed by atoms with Gasteiger partial charge in [-0.25, -0.2) is 0 Å². The summed E-state index contributed by atoms with van der Waals surface area (Å²) >= 11 is 0. The monoisotopic (exact) mass is 1140 g/mol. The minimum Gasteiger partial charge on any atom is -0.311 e. The molecule has 2 aliphatic rings. The van der Waals surface area contributed by atoms with Crippen LogP contribution in [0.1, 0.15) is 52.7 Å². The van der Waals surface area contributed by atoms with E-state index in [1.54, 1.807) is 0 Å². The smallest absolute Gasteiger partial charge is 0.252 e. The van der Waals surface area contributed by atoms with E-state index in [0.717, 1.165) is 33.9 Å². The topological polar surface area (TPSA) is 6.48 Å². The molecule has 0 N–H and O–H groups in total. The molecule has 0 aliphatic carbocycles. The number of hydrogen-bond acceptors (Lipinski definition) is 2. The quantitative estimate of drug-likeness (QED) is 0.116. The SMILES string of the molecule is CC(C)(C)c1cc2ccc3cc(C(C)(C)C)cc4c(-c5cccc(-c6cc7c8c(c6)N(c6ccccc6-c6ccccc6)c6c(cc(-c9ccccc9)c9ccccc69)B8c6cc8ccccc8cc6N7c6ccccc6-c6ccccc6)c5)cc(c1)c2c34. The van der Waals surface area contributed by atoms with Gasteiger partial charge in [0.15, 0.2) is 0 Å². The number of nitrogens with zero attached hydrogens (tertiary/aromatic N) is 2. The number of benzene rings is 15. The van der Waals surface area contributed by atoms with Gasteiger partial charge in [-0.3, -0.25) is 0 Å². The molecule has 0 fully saturated rings. The Bertz CT molecular complexity index is 5340. The lowest BCUT2D eigenvalue weighted by molar-refractivity contribution is 0.591. The maximum absolute atomic E-state index is 2.66. The van der Waals surface area contributed by atoms with E-state index in [9.17, 15) is 0 Å². The maximum Gasteiger partial charge on any atom is 0.252 e. The summed E-state index contributed by atoms with van der Waals surface area (Å²) in [5.74, 6) is 0. The van der Waals surface area contributed by atoms with Crippen LogP contribution in [-0.2, 0) is 10.8 Å². The molecule has 3 heteroatoms. The van der Waals surface area contributed by atoms with Crippen molar-refractivity contribution in [3.8, 4) is 55.6 Å². The van der Waals surface area contributed by atoms with Gasteiger partial charge >= 0.3 is 0 Å². The highest BCUT2D eigenvalue weighted by Gasteiger charge is 2.46. The minimum absolute atomic E-state index is 0.0226. The van der Waals surface area contributed by atoms with Crippen LogP contribution in [0.2, 0.25) is 0 Å². The van der Waals surface area contributed by atoms with Crippen molar-refractivity contribution in [1.82, 2.24) is 0 Å². The third kappa shape index (κ3) is 8.47. The first-order chi connectivity index (χ1) is 43.4. The highest BCUT2D eigenvalue weighted by molar-refractivity contribution is 7.00. The maximum atomic E-state index is 2.66. The van der Waals surface area contributed by atoms with Crippen molar-refractivity contribution in [2.75, 3.05) is 9.80 Å². The molecule has 2 aliphatic heterocycles. The Morgan fingerprint density at radius 2 is 0.742 bits per heavy atom. The van der Waals surface area contributed by atoms with E-state index in [0.29, 0.717) is 0 Å². The Labute approximate surface area is 522 Å². The highest BCUT2D eigenvalue weighted by atomic mass is 15.2. The summed E-state index contributed by atoms with van der Waals surface area (Å²) in [6, 6.07) is 108. The molecule has 15 aromatic carbocycles. The summed E-state index contributed by atoms with van der Waals surface area (Å²) in [5.41, 5.74) is 25.2. The summed E-state index contributed by atoms with van der Waals surface area (Å²) in [7, 11) is 0. The van der Waals surface area contributed by atoms with Crippen LogP contribution in [0, 0.1) is 0 Å². The fourth-order valence-corrected chi connectivity index (χ4v) is 15.0. The normalized spacial score (nSPS) is 13.0. The largest absolute Gasteiger partial charge is 0.311 e. The predicted octanol–water partition coefficient (Wildman–Crippen LogP) is 21.9. The van der Waals surface area contributed by atoms with E-state index in [4.69, 9.17) is 0 Å². The van der Waals surface area contributed by atoms with Crippen LogP contribution in [-0.4, -0.2) is 6.71 Å². The van der Waals surface area contributed by atoms with Crippen LogP contribution in [0.25, 0.3) is 109 Å². The van der Waals surface area contributed by atoms with Crippen molar-refractivity contribution < 1.29 is 0 Å². The lowest BCUT2D eigenvalue weighted by Crippen LogP contribution is -2.61. The molecule has 0 bridgehead atoms. The Morgan fingerprint density at radius 1 is 0.258 bits per heavy atom. The summed E-state index contributed by atoms with van der Waals surface area (Å²) in [6.45, 7) is 13.9. The first kappa shape index (κ1) is 52.8. The number of rotatable bonds is 7. The lowest BCUT2D eigenvalue weighted by atomic mass is 9.33. The molecule has 0 atom stereocenters. The molecule has 17 rings (SSSR count). The Kier molecular flexibility index (Phi) is 11.9. The average molecular weight is 1140 g/mol. The molecule has 0 aromatic heterocycles. The molecule has 0 spiro atoms. The second-order valence-corrected chi connectivity index (χ2v) is 26.8. The molecule has 2 heterocycles. The highest BCUT2D eigenvalue weighted by Crippen LogP contribution is 2.53. The molecule has 89 heavy (non-hydrogen) atoms. The van der Waals surface area contributed by atoms with E-state index in [2.05, 4.69) is 336 Å². The molecule has 0 saturated heterocycles. The fourth-order valence-electron chi connectivity index (χ4n) is 15.0. The van der Waals surface area contributed by atoms with Crippen molar-refractivity contribution in [3.05, 3.63) is 296 Å². The van der Waals surface area contributed by atoms with Crippen molar-refractivity contribution in [2.24, 2.45) is 0 Å². The number of hydrogen-bond donors (Lipinski definition) is 0. The zero-order chi connectivity index (χ0) is 59.9. The zero-order valence-electron chi connectivity index (χ0n) is 51.1.